The Morgan fingerprint density at radius 2 is 1.58 bits per heavy atom. The number of unbranched alkanes of at least 4 members (excludes halogenated alkanes) is 1. The van der Waals surface area contributed by atoms with E-state index in [2.05, 4.69) is 11.8 Å². The number of carbonyl (C=O) groups is 1. The maximum absolute atomic E-state index is 13.7. The molecule has 0 spiro atoms. The molecule has 2 atom stereocenters. The van der Waals surface area contributed by atoms with Crippen molar-refractivity contribution in [3.05, 3.63) is 106 Å². The number of aliphatic imine (C=N–C) groups is 1. The van der Waals surface area contributed by atoms with Gasteiger partial charge in [-0.2, -0.15) is 0 Å². The molecule has 0 amide bonds. The molecule has 0 saturated heterocycles. The maximum Gasteiger partial charge on any atom is 0.341 e. The summed E-state index contributed by atoms with van der Waals surface area (Å²) in [5.41, 5.74) is 1.32. The van der Waals surface area contributed by atoms with Crippen LogP contribution in [0.2, 0.25) is 10.0 Å². The molecular weight excluding hydrogens is 455 g/mol. The van der Waals surface area contributed by atoms with Crippen molar-refractivity contribution >= 4 is 35.0 Å². The number of methoxy groups -OCH3 is 1. The van der Waals surface area contributed by atoms with Crippen LogP contribution in [0.3, 0.4) is 0 Å². The molecule has 33 heavy (non-hydrogen) atoms. The molecule has 170 valence electrons. The van der Waals surface area contributed by atoms with E-state index >= 15 is 0 Å². The lowest BCUT2D eigenvalue weighted by Crippen LogP contribution is -2.44. The Hall–Kier alpha value is -2.82. The van der Waals surface area contributed by atoms with Crippen molar-refractivity contribution in [3.63, 3.8) is 0 Å². The molecule has 4 rings (SSSR count). The number of amidine groups is 1. The first kappa shape index (κ1) is 23.3. The first-order valence-corrected chi connectivity index (χ1v) is 11.8. The van der Waals surface area contributed by atoms with Crippen LogP contribution in [-0.2, 0) is 15.1 Å². The minimum Gasteiger partial charge on any atom is -0.467 e. The molecule has 1 heterocycles. The van der Waals surface area contributed by atoms with Crippen molar-refractivity contribution in [2.75, 3.05) is 13.7 Å². The van der Waals surface area contributed by atoms with Crippen molar-refractivity contribution in [1.29, 1.82) is 0 Å². The van der Waals surface area contributed by atoms with E-state index in [0.717, 1.165) is 41.9 Å². The maximum atomic E-state index is 13.7. The zero-order chi connectivity index (χ0) is 23.4. The highest BCUT2D eigenvalue weighted by Crippen LogP contribution is 2.49. The number of esters is 1. The Kier molecular flexibility index (Phi) is 7.06. The normalized spacial score (nSPS) is 19.9. The summed E-state index contributed by atoms with van der Waals surface area (Å²) in [6.45, 7) is 2.89. The van der Waals surface area contributed by atoms with E-state index in [4.69, 9.17) is 32.9 Å². The van der Waals surface area contributed by atoms with Crippen LogP contribution >= 0.6 is 23.2 Å². The van der Waals surface area contributed by atoms with Crippen LogP contribution in [0.1, 0.15) is 42.5 Å². The van der Waals surface area contributed by atoms with Gasteiger partial charge in [-0.3, -0.25) is 0 Å². The van der Waals surface area contributed by atoms with E-state index in [1.807, 2.05) is 66.7 Å². The van der Waals surface area contributed by atoms with E-state index in [1.165, 1.54) is 7.11 Å². The van der Waals surface area contributed by atoms with E-state index in [-0.39, 0.29) is 0 Å². The van der Waals surface area contributed by atoms with Gasteiger partial charge in [0.1, 0.15) is 5.84 Å². The highest BCUT2D eigenvalue weighted by molar-refractivity contribution is 6.30. The van der Waals surface area contributed by atoms with Gasteiger partial charge in [-0.15, -0.1) is 0 Å². The molecule has 0 aromatic heterocycles. The number of carbonyl (C=O) groups excluding carboxylic acids is 1. The Morgan fingerprint density at radius 1 is 0.970 bits per heavy atom. The lowest BCUT2D eigenvalue weighted by atomic mass is 9.79. The van der Waals surface area contributed by atoms with Gasteiger partial charge in [0.05, 0.1) is 13.2 Å². The molecule has 1 aliphatic rings. The Bertz CT molecular complexity index is 1130. The van der Waals surface area contributed by atoms with E-state index < -0.39 is 17.6 Å². The lowest BCUT2D eigenvalue weighted by Gasteiger charge is -2.37. The van der Waals surface area contributed by atoms with Gasteiger partial charge in [-0.05, 0) is 41.8 Å². The Balaban J connectivity index is 2.01. The van der Waals surface area contributed by atoms with Gasteiger partial charge in [-0.1, -0.05) is 91.1 Å². The van der Waals surface area contributed by atoms with Crippen LogP contribution in [0, 0.1) is 0 Å². The topological polar surface area (TPSA) is 41.9 Å². The first-order valence-electron chi connectivity index (χ1n) is 11.0. The second-order valence-electron chi connectivity index (χ2n) is 8.07. The predicted octanol–water partition coefficient (Wildman–Crippen LogP) is 6.67. The minimum absolute atomic E-state index is 0.412. The van der Waals surface area contributed by atoms with Crippen molar-refractivity contribution in [1.82, 2.24) is 4.90 Å². The summed E-state index contributed by atoms with van der Waals surface area (Å²) >= 11 is 12.4. The van der Waals surface area contributed by atoms with Crippen molar-refractivity contribution in [3.8, 4) is 0 Å². The molecule has 1 aliphatic heterocycles. The fourth-order valence-electron chi connectivity index (χ4n) is 4.44. The Morgan fingerprint density at radius 3 is 2.15 bits per heavy atom. The average molecular weight is 481 g/mol. The number of rotatable bonds is 7. The van der Waals surface area contributed by atoms with Crippen LogP contribution in [0.5, 0.6) is 0 Å². The number of halogens is 2. The SMILES string of the molecule is CCCCN1C(c2ccccc2)=N[C@@](C(=O)OC)(c2ccc(Cl)cc2)[C@H]1c1ccc(Cl)cc1. The zero-order valence-electron chi connectivity index (χ0n) is 18.7. The number of ether oxygens (including phenoxy) is 1. The summed E-state index contributed by atoms with van der Waals surface area (Å²) in [6, 6.07) is 24.5. The minimum atomic E-state index is -1.30. The number of benzene rings is 3. The molecule has 4 nitrogen and oxygen atoms in total. The van der Waals surface area contributed by atoms with Gasteiger partial charge in [0.15, 0.2) is 0 Å². The Labute approximate surface area is 204 Å². The second kappa shape index (κ2) is 9.98. The second-order valence-corrected chi connectivity index (χ2v) is 8.94. The molecule has 0 aliphatic carbocycles. The third-order valence-corrected chi connectivity index (χ3v) is 6.52. The van der Waals surface area contributed by atoms with Gasteiger partial charge in [-0.25, -0.2) is 9.79 Å². The molecule has 0 saturated carbocycles. The summed E-state index contributed by atoms with van der Waals surface area (Å²) < 4.78 is 5.40. The van der Waals surface area contributed by atoms with E-state index in [0.29, 0.717) is 10.0 Å². The highest BCUT2D eigenvalue weighted by Gasteiger charge is 2.57. The number of hydrogen-bond donors (Lipinski definition) is 0. The van der Waals surface area contributed by atoms with Crippen LogP contribution in [0.25, 0.3) is 0 Å². The van der Waals surface area contributed by atoms with Crippen molar-refractivity contribution in [2.24, 2.45) is 4.99 Å². The van der Waals surface area contributed by atoms with Gasteiger partial charge >= 0.3 is 5.97 Å². The van der Waals surface area contributed by atoms with Gasteiger partial charge < -0.3 is 9.64 Å². The number of hydrogen-bond acceptors (Lipinski definition) is 4. The summed E-state index contributed by atoms with van der Waals surface area (Å²) in [4.78, 5) is 21.1. The summed E-state index contributed by atoms with van der Waals surface area (Å²) in [5.74, 6) is 0.349. The largest absolute Gasteiger partial charge is 0.467 e. The third kappa shape index (κ3) is 4.38. The first-order chi connectivity index (χ1) is 16.0. The highest BCUT2D eigenvalue weighted by atomic mass is 35.5. The smallest absolute Gasteiger partial charge is 0.341 e. The fourth-order valence-corrected chi connectivity index (χ4v) is 4.70. The molecule has 0 fully saturated rings. The zero-order valence-corrected chi connectivity index (χ0v) is 20.2. The molecule has 0 N–H and O–H groups in total. The van der Waals surface area contributed by atoms with E-state index in [1.54, 1.807) is 12.1 Å². The molecule has 0 unspecified atom stereocenters. The molecule has 3 aromatic rings. The monoisotopic (exact) mass is 480 g/mol. The predicted molar refractivity (Wildman–Crippen MR) is 134 cm³/mol. The fraction of sp³-hybridized carbons (Fsp3) is 0.259. The van der Waals surface area contributed by atoms with Gasteiger partial charge in [0, 0.05) is 22.2 Å². The van der Waals surface area contributed by atoms with Crippen LogP contribution in [0.4, 0.5) is 0 Å². The van der Waals surface area contributed by atoms with E-state index in [9.17, 15) is 4.79 Å². The molecule has 0 radical (unpaired) electrons. The quantitative estimate of drug-likeness (QED) is 0.354. The van der Waals surface area contributed by atoms with Gasteiger partial charge in [0.2, 0.25) is 5.54 Å². The van der Waals surface area contributed by atoms with Gasteiger partial charge in [0.25, 0.3) is 0 Å². The average Bonchev–Trinajstić information content (AvgIpc) is 3.19. The van der Waals surface area contributed by atoms with Crippen LogP contribution < -0.4 is 0 Å². The third-order valence-electron chi connectivity index (χ3n) is 6.01. The molecule has 6 heteroatoms. The van der Waals surface area contributed by atoms with Crippen LogP contribution in [0.15, 0.2) is 83.9 Å². The van der Waals surface area contributed by atoms with Crippen molar-refractivity contribution in [2.45, 2.75) is 31.3 Å². The standard InChI is InChI=1S/C27H26Cl2N2O2/c1-3-4-18-31-24(19-10-14-22(28)15-11-19)27(26(32)33-2,21-12-16-23(29)17-13-21)30-25(31)20-8-6-5-7-9-20/h5-17,24H,3-4,18H2,1-2H3/t24-,27+/m1/s1. The number of nitrogens with zero attached hydrogens (tertiary/aromatic N) is 2. The summed E-state index contributed by atoms with van der Waals surface area (Å²) in [6.07, 6.45) is 1.96. The van der Waals surface area contributed by atoms with Crippen LogP contribution in [-0.4, -0.2) is 30.4 Å². The molecule has 0 bridgehead atoms. The molecular formula is C27H26Cl2N2O2. The molecule has 3 aromatic carbocycles. The summed E-state index contributed by atoms with van der Waals surface area (Å²) in [5, 5.41) is 1.23. The summed E-state index contributed by atoms with van der Waals surface area (Å²) in [7, 11) is 1.41. The van der Waals surface area contributed by atoms with Crippen molar-refractivity contribution < 1.29 is 9.53 Å². The lowest BCUT2D eigenvalue weighted by molar-refractivity contribution is -0.149.